The molecule has 9 heteroatoms. The number of nitrogens with zero attached hydrogens (tertiary/aromatic N) is 4. The van der Waals surface area contributed by atoms with Crippen molar-refractivity contribution in [2.75, 3.05) is 18.5 Å². The third-order valence-corrected chi connectivity index (χ3v) is 5.90. The maximum absolute atomic E-state index is 12.8. The van der Waals surface area contributed by atoms with Crippen molar-refractivity contribution < 1.29 is 14.6 Å². The number of aliphatic hydroxyl groups excluding tert-OH is 1. The maximum Gasteiger partial charge on any atom is 0.251 e. The zero-order chi connectivity index (χ0) is 24.0. The second-order valence-electron chi connectivity index (χ2n) is 8.17. The molecule has 5 rings (SSSR count). The average Bonchev–Trinajstić information content (AvgIpc) is 3.54. The van der Waals surface area contributed by atoms with Gasteiger partial charge in [0.2, 0.25) is 0 Å². The van der Waals surface area contributed by atoms with Crippen LogP contribution in [0.5, 0.6) is 5.75 Å². The highest BCUT2D eigenvalue weighted by Crippen LogP contribution is 2.29. The quantitative estimate of drug-likeness (QED) is 0.345. The summed E-state index contributed by atoms with van der Waals surface area (Å²) in [7, 11) is 0. The van der Waals surface area contributed by atoms with Crippen LogP contribution < -0.4 is 15.4 Å². The van der Waals surface area contributed by atoms with Crippen LogP contribution in [-0.4, -0.2) is 44.0 Å². The van der Waals surface area contributed by atoms with Crippen molar-refractivity contribution >= 4 is 11.6 Å². The van der Waals surface area contributed by atoms with Crippen molar-refractivity contribution in [1.82, 2.24) is 25.1 Å². The molecule has 9 nitrogen and oxygen atoms in total. The molecular weight excluding hydrogens is 444 g/mol. The summed E-state index contributed by atoms with van der Waals surface area (Å²) in [6, 6.07) is 17.1. The lowest BCUT2D eigenvalue weighted by atomic mass is 10.1. The summed E-state index contributed by atoms with van der Waals surface area (Å²) < 4.78 is 7.60. The van der Waals surface area contributed by atoms with Crippen LogP contribution in [0.4, 0.5) is 5.69 Å². The number of benzene rings is 2. The number of carbonyl (C=O) groups excluding carboxylic acids is 1. The summed E-state index contributed by atoms with van der Waals surface area (Å²) in [6.07, 6.45) is 4.29. The number of amides is 1. The molecule has 178 valence electrons. The van der Waals surface area contributed by atoms with Crippen molar-refractivity contribution in [2.24, 2.45) is 0 Å². The van der Waals surface area contributed by atoms with Gasteiger partial charge in [0.1, 0.15) is 5.75 Å². The highest BCUT2D eigenvalue weighted by atomic mass is 16.5. The number of pyridine rings is 1. The normalized spacial score (nSPS) is 12.1. The zero-order valence-corrected chi connectivity index (χ0v) is 19.1. The first-order chi connectivity index (χ1) is 17.2. The molecule has 1 aliphatic heterocycles. The van der Waals surface area contributed by atoms with E-state index in [2.05, 4.69) is 31.9 Å². The molecule has 3 heterocycles. The summed E-state index contributed by atoms with van der Waals surface area (Å²) in [5, 5.41) is 24.4. The number of nitrogens with one attached hydrogen (secondary N) is 2. The smallest absolute Gasteiger partial charge is 0.251 e. The largest absolute Gasteiger partial charge is 0.493 e. The van der Waals surface area contributed by atoms with Gasteiger partial charge >= 0.3 is 0 Å². The van der Waals surface area contributed by atoms with E-state index in [0.29, 0.717) is 43.5 Å². The van der Waals surface area contributed by atoms with Gasteiger partial charge in [0.15, 0.2) is 11.6 Å². The Labute approximate surface area is 202 Å². The second-order valence-corrected chi connectivity index (χ2v) is 8.17. The van der Waals surface area contributed by atoms with Gasteiger partial charge in [0.05, 0.1) is 19.8 Å². The van der Waals surface area contributed by atoms with Crippen molar-refractivity contribution in [1.29, 1.82) is 0 Å². The Hall–Kier alpha value is -4.24. The Balaban J connectivity index is 1.25. The minimum atomic E-state index is -0.160. The summed E-state index contributed by atoms with van der Waals surface area (Å²) in [5.74, 6) is 2.08. The molecule has 0 fully saturated rings. The van der Waals surface area contributed by atoms with E-state index in [9.17, 15) is 9.90 Å². The first-order valence-electron chi connectivity index (χ1n) is 11.5. The molecule has 1 amide bonds. The van der Waals surface area contributed by atoms with Crippen LogP contribution in [0, 0.1) is 0 Å². The third kappa shape index (κ3) is 4.99. The van der Waals surface area contributed by atoms with Crippen molar-refractivity contribution in [2.45, 2.75) is 26.1 Å². The van der Waals surface area contributed by atoms with E-state index in [1.165, 1.54) is 5.56 Å². The highest BCUT2D eigenvalue weighted by molar-refractivity contribution is 5.95. The molecule has 1 aliphatic rings. The predicted molar refractivity (Wildman–Crippen MR) is 131 cm³/mol. The number of para-hydroxylation sites is 1. The summed E-state index contributed by atoms with van der Waals surface area (Å²) in [4.78, 5) is 16.8. The van der Waals surface area contributed by atoms with Crippen LogP contribution in [-0.2, 0) is 26.1 Å². The van der Waals surface area contributed by atoms with E-state index in [0.717, 1.165) is 29.0 Å². The van der Waals surface area contributed by atoms with Crippen LogP contribution in [0.1, 0.15) is 27.3 Å². The first kappa shape index (κ1) is 22.5. The molecule has 0 saturated carbocycles. The minimum absolute atomic E-state index is 0.0333. The number of fused-ring (bicyclic) bond motifs is 1. The molecular formula is C26H26N6O3. The Bertz CT molecular complexity index is 1320. The van der Waals surface area contributed by atoms with Gasteiger partial charge in [-0.25, -0.2) is 0 Å². The number of aliphatic hydroxyl groups is 1. The molecule has 0 saturated heterocycles. The van der Waals surface area contributed by atoms with Gasteiger partial charge in [-0.05, 0) is 35.9 Å². The maximum atomic E-state index is 12.8. The molecule has 4 aromatic rings. The van der Waals surface area contributed by atoms with Gasteiger partial charge in [-0.3, -0.25) is 9.78 Å². The van der Waals surface area contributed by atoms with Crippen molar-refractivity contribution in [3.63, 3.8) is 0 Å². The zero-order valence-electron chi connectivity index (χ0n) is 19.1. The van der Waals surface area contributed by atoms with Gasteiger partial charge < -0.3 is 25.0 Å². The van der Waals surface area contributed by atoms with E-state index >= 15 is 0 Å². The Kier molecular flexibility index (Phi) is 6.67. The van der Waals surface area contributed by atoms with Crippen LogP contribution in [0.2, 0.25) is 0 Å². The number of aromatic nitrogens is 4. The number of ether oxygens (including phenoxy) is 1. The summed E-state index contributed by atoms with van der Waals surface area (Å²) in [6.45, 7) is 1.81. The SMILES string of the molecule is O=C(NCc1cccc2c1OCC2)c1cccc(NCc2nnc(-c3ccncc3)n2CCO)c1. The Morgan fingerprint density at radius 2 is 1.91 bits per heavy atom. The van der Waals surface area contributed by atoms with Gasteiger partial charge in [0.25, 0.3) is 5.91 Å². The summed E-state index contributed by atoms with van der Waals surface area (Å²) >= 11 is 0. The molecule has 35 heavy (non-hydrogen) atoms. The van der Waals surface area contributed by atoms with Crippen molar-refractivity contribution in [3.8, 4) is 17.1 Å². The fourth-order valence-corrected chi connectivity index (χ4v) is 4.17. The minimum Gasteiger partial charge on any atom is -0.493 e. The average molecular weight is 471 g/mol. The van der Waals surface area contributed by atoms with Crippen LogP contribution >= 0.6 is 0 Å². The molecule has 0 spiro atoms. The molecule has 0 bridgehead atoms. The third-order valence-electron chi connectivity index (χ3n) is 5.90. The number of hydrogen-bond donors (Lipinski definition) is 3. The standard InChI is InChI=1S/C26H26N6O3/c33-13-12-32-23(30-31-25(32)19-7-10-27-11-8-19)17-28-22-6-2-4-20(15-22)26(34)29-16-21-5-1-3-18-9-14-35-24(18)21/h1-8,10-11,15,28,33H,9,12-14,16-17H2,(H,29,34). The van der Waals surface area contributed by atoms with Crippen LogP contribution in [0.15, 0.2) is 67.0 Å². The monoisotopic (exact) mass is 470 g/mol. The van der Waals surface area contributed by atoms with Gasteiger partial charge in [-0.15, -0.1) is 10.2 Å². The number of anilines is 1. The Morgan fingerprint density at radius 3 is 2.77 bits per heavy atom. The van der Waals surface area contributed by atoms with E-state index in [1.54, 1.807) is 24.5 Å². The fraction of sp³-hybridized carbons (Fsp3) is 0.231. The van der Waals surface area contributed by atoms with Crippen LogP contribution in [0.3, 0.4) is 0 Å². The predicted octanol–water partition coefficient (Wildman–Crippen LogP) is 2.81. The van der Waals surface area contributed by atoms with E-state index in [1.807, 2.05) is 41.0 Å². The van der Waals surface area contributed by atoms with E-state index in [4.69, 9.17) is 4.74 Å². The first-order valence-corrected chi connectivity index (χ1v) is 11.5. The summed E-state index contributed by atoms with van der Waals surface area (Å²) in [5.41, 5.74) is 4.38. The lowest BCUT2D eigenvalue weighted by Gasteiger charge is -2.12. The molecule has 2 aromatic carbocycles. The molecule has 0 aliphatic carbocycles. The Morgan fingerprint density at radius 1 is 1.06 bits per heavy atom. The van der Waals surface area contributed by atoms with E-state index < -0.39 is 0 Å². The van der Waals surface area contributed by atoms with Gasteiger partial charge in [-0.1, -0.05) is 24.3 Å². The number of rotatable bonds is 9. The lowest BCUT2D eigenvalue weighted by molar-refractivity contribution is 0.0950. The lowest BCUT2D eigenvalue weighted by Crippen LogP contribution is -2.23. The molecule has 0 atom stereocenters. The van der Waals surface area contributed by atoms with Crippen LogP contribution in [0.25, 0.3) is 11.4 Å². The molecule has 0 unspecified atom stereocenters. The molecule has 2 aromatic heterocycles. The molecule has 0 radical (unpaired) electrons. The number of hydrogen-bond acceptors (Lipinski definition) is 7. The fourth-order valence-electron chi connectivity index (χ4n) is 4.17. The second kappa shape index (κ2) is 10.4. The molecule has 3 N–H and O–H groups in total. The number of carbonyl (C=O) groups is 1. The van der Waals surface area contributed by atoms with E-state index in [-0.39, 0.29) is 12.5 Å². The van der Waals surface area contributed by atoms with Gasteiger partial charge in [0, 0.05) is 54.3 Å². The highest BCUT2D eigenvalue weighted by Gasteiger charge is 2.17. The van der Waals surface area contributed by atoms with Gasteiger partial charge in [-0.2, -0.15) is 0 Å². The topological polar surface area (TPSA) is 114 Å². The van der Waals surface area contributed by atoms with Crippen molar-refractivity contribution in [3.05, 3.63) is 89.5 Å².